The lowest BCUT2D eigenvalue weighted by Gasteiger charge is -2.11. The summed E-state index contributed by atoms with van der Waals surface area (Å²) in [6.07, 6.45) is 0. The molecule has 5 aromatic rings. The Hall–Kier alpha value is -4.20. The van der Waals surface area contributed by atoms with Crippen molar-refractivity contribution in [3.8, 4) is 28.6 Å². The van der Waals surface area contributed by atoms with Crippen LogP contribution in [-0.2, 0) is 7.05 Å². The fraction of sp³-hybridized carbons (Fsp3) is 0.125. The van der Waals surface area contributed by atoms with Crippen LogP contribution in [0.15, 0.2) is 65.2 Å². The average molecular weight is 429 g/mol. The molecule has 0 amide bonds. The molecule has 0 aliphatic heterocycles. The Labute approximate surface area is 183 Å². The monoisotopic (exact) mass is 429 g/mol. The maximum atomic E-state index is 13.4. The van der Waals surface area contributed by atoms with Crippen molar-refractivity contribution in [2.45, 2.75) is 6.92 Å². The molecule has 3 aromatic carbocycles. The lowest BCUT2D eigenvalue weighted by molar-refractivity contribution is 0.404. The van der Waals surface area contributed by atoms with Crippen molar-refractivity contribution >= 4 is 22.4 Å². The number of halogens is 1. The third kappa shape index (κ3) is 3.45. The van der Waals surface area contributed by atoms with Gasteiger partial charge >= 0.3 is 0 Å². The predicted octanol–water partition coefficient (Wildman–Crippen LogP) is 5.49. The Morgan fingerprint density at radius 2 is 1.84 bits per heavy atom. The largest absolute Gasteiger partial charge is 0.496 e. The second-order valence-corrected chi connectivity index (χ2v) is 7.36. The van der Waals surface area contributed by atoms with Gasteiger partial charge in [-0.05, 0) is 55.5 Å². The van der Waals surface area contributed by atoms with Gasteiger partial charge in [-0.25, -0.2) is 9.37 Å². The number of ether oxygens (including phenoxy) is 1. The summed E-state index contributed by atoms with van der Waals surface area (Å²) in [5.41, 5.74) is 4.99. The van der Waals surface area contributed by atoms with E-state index in [4.69, 9.17) is 14.2 Å². The van der Waals surface area contributed by atoms with E-state index in [1.54, 1.807) is 26.2 Å². The molecule has 0 spiro atoms. The van der Waals surface area contributed by atoms with Crippen molar-refractivity contribution in [2.24, 2.45) is 7.05 Å². The number of para-hydroxylation sites is 1. The van der Waals surface area contributed by atoms with Gasteiger partial charge in [0.2, 0.25) is 0 Å². The fourth-order valence-electron chi connectivity index (χ4n) is 3.68. The minimum Gasteiger partial charge on any atom is -0.496 e. The predicted molar refractivity (Wildman–Crippen MR) is 120 cm³/mol. The number of anilines is 2. The number of rotatable bonds is 5. The van der Waals surface area contributed by atoms with Gasteiger partial charge in [0.05, 0.1) is 23.9 Å². The molecule has 0 unspecified atom stereocenters. The van der Waals surface area contributed by atoms with Crippen molar-refractivity contribution in [3.05, 3.63) is 72.3 Å². The molecule has 0 aliphatic rings. The molecule has 0 fully saturated rings. The SMILES string of the molecule is COc1cc(Nc2cccc3c2nc(-c2ccc(F)cc2)n3C)ccc1-c1nc(C)no1. The average Bonchev–Trinajstić information content (AvgIpc) is 3.38. The van der Waals surface area contributed by atoms with E-state index in [9.17, 15) is 4.39 Å². The molecule has 32 heavy (non-hydrogen) atoms. The summed E-state index contributed by atoms with van der Waals surface area (Å²) in [7, 11) is 3.54. The highest BCUT2D eigenvalue weighted by Gasteiger charge is 2.16. The fourth-order valence-corrected chi connectivity index (χ4v) is 3.68. The molecule has 160 valence electrons. The zero-order valence-corrected chi connectivity index (χ0v) is 17.8. The number of imidazole rings is 1. The minimum atomic E-state index is -0.275. The van der Waals surface area contributed by atoms with Crippen molar-refractivity contribution < 1.29 is 13.7 Å². The third-order valence-electron chi connectivity index (χ3n) is 5.25. The molecule has 2 aromatic heterocycles. The Kier molecular flexibility index (Phi) is 4.82. The van der Waals surface area contributed by atoms with Gasteiger partial charge < -0.3 is 19.1 Å². The van der Waals surface area contributed by atoms with Crippen LogP contribution in [0.1, 0.15) is 5.82 Å². The summed E-state index contributed by atoms with van der Waals surface area (Å²) in [6.45, 7) is 1.77. The number of hydrogen-bond acceptors (Lipinski definition) is 6. The zero-order valence-electron chi connectivity index (χ0n) is 17.8. The van der Waals surface area contributed by atoms with E-state index in [0.717, 1.165) is 33.8 Å². The summed E-state index contributed by atoms with van der Waals surface area (Å²) < 4.78 is 26.2. The van der Waals surface area contributed by atoms with Crippen LogP contribution in [0.25, 0.3) is 33.9 Å². The second-order valence-electron chi connectivity index (χ2n) is 7.36. The molecule has 0 bridgehead atoms. The van der Waals surface area contributed by atoms with E-state index in [1.807, 2.05) is 48.0 Å². The summed E-state index contributed by atoms with van der Waals surface area (Å²) in [4.78, 5) is 9.11. The maximum absolute atomic E-state index is 13.4. The number of benzene rings is 3. The summed E-state index contributed by atoms with van der Waals surface area (Å²) >= 11 is 0. The molecule has 0 aliphatic carbocycles. The van der Waals surface area contributed by atoms with Crippen LogP contribution in [0.3, 0.4) is 0 Å². The van der Waals surface area contributed by atoms with E-state index in [2.05, 4.69) is 15.5 Å². The topological polar surface area (TPSA) is 78.0 Å². The number of hydrogen-bond donors (Lipinski definition) is 1. The molecule has 1 N–H and O–H groups in total. The standard InChI is InChI=1S/C24H20FN5O2/c1-14-26-24(32-29-14)18-12-11-17(13-21(18)31-3)27-19-5-4-6-20-22(19)28-23(30(20)2)15-7-9-16(25)10-8-15/h4-13,27H,1-3H3. The van der Waals surface area contributed by atoms with Gasteiger partial charge in [0.1, 0.15) is 22.9 Å². The first-order chi connectivity index (χ1) is 15.5. The lowest BCUT2D eigenvalue weighted by Crippen LogP contribution is -1.95. The Morgan fingerprint density at radius 3 is 2.56 bits per heavy atom. The van der Waals surface area contributed by atoms with Crippen molar-refractivity contribution in [1.29, 1.82) is 0 Å². The highest BCUT2D eigenvalue weighted by atomic mass is 19.1. The maximum Gasteiger partial charge on any atom is 0.261 e. The van der Waals surface area contributed by atoms with Gasteiger partial charge in [-0.2, -0.15) is 4.98 Å². The Bertz CT molecular complexity index is 1420. The molecule has 2 heterocycles. The number of nitrogens with zero attached hydrogens (tertiary/aromatic N) is 4. The van der Waals surface area contributed by atoms with E-state index < -0.39 is 0 Å². The van der Waals surface area contributed by atoms with Crippen molar-refractivity contribution in [2.75, 3.05) is 12.4 Å². The van der Waals surface area contributed by atoms with Gasteiger partial charge in [0.25, 0.3) is 5.89 Å². The lowest BCUT2D eigenvalue weighted by atomic mass is 10.1. The summed E-state index contributed by atoms with van der Waals surface area (Å²) in [6, 6.07) is 17.9. The van der Waals surface area contributed by atoms with Crippen molar-refractivity contribution in [1.82, 2.24) is 19.7 Å². The van der Waals surface area contributed by atoms with Crippen LogP contribution in [-0.4, -0.2) is 26.8 Å². The minimum absolute atomic E-state index is 0.275. The van der Waals surface area contributed by atoms with E-state index in [1.165, 1.54) is 12.1 Å². The Morgan fingerprint density at radius 1 is 1.03 bits per heavy atom. The molecular formula is C24H20FN5O2. The smallest absolute Gasteiger partial charge is 0.261 e. The molecule has 0 saturated heterocycles. The second kappa shape index (κ2) is 7.81. The third-order valence-corrected chi connectivity index (χ3v) is 5.25. The van der Waals surface area contributed by atoms with Crippen LogP contribution >= 0.6 is 0 Å². The molecule has 0 saturated carbocycles. The first-order valence-corrected chi connectivity index (χ1v) is 10.0. The summed E-state index contributed by atoms with van der Waals surface area (Å²) in [5, 5.41) is 7.27. The van der Waals surface area contributed by atoms with Gasteiger partial charge in [-0.3, -0.25) is 0 Å². The first kappa shape index (κ1) is 19.7. The molecular weight excluding hydrogens is 409 g/mol. The van der Waals surface area contributed by atoms with E-state index in [0.29, 0.717) is 23.0 Å². The molecule has 5 rings (SSSR count). The number of fused-ring (bicyclic) bond motifs is 1. The van der Waals surface area contributed by atoms with Gasteiger partial charge in [-0.15, -0.1) is 0 Å². The van der Waals surface area contributed by atoms with E-state index >= 15 is 0 Å². The highest BCUT2D eigenvalue weighted by Crippen LogP contribution is 2.34. The van der Waals surface area contributed by atoms with Crippen LogP contribution < -0.4 is 10.1 Å². The highest BCUT2D eigenvalue weighted by molar-refractivity contribution is 5.93. The van der Waals surface area contributed by atoms with Crippen LogP contribution in [0.4, 0.5) is 15.8 Å². The summed E-state index contributed by atoms with van der Waals surface area (Å²) in [5.74, 6) is 2.06. The van der Waals surface area contributed by atoms with E-state index in [-0.39, 0.29) is 5.82 Å². The zero-order chi connectivity index (χ0) is 22.2. The van der Waals surface area contributed by atoms with Crippen LogP contribution in [0, 0.1) is 12.7 Å². The number of nitrogens with one attached hydrogen (secondary N) is 1. The van der Waals surface area contributed by atoms with Crippen molar-refractivity contribution in [3.63, 3.8) is 0 Å². The van der Waals surface area contributed by atoms with Crippen LogP contribution in [0.5, 0.6) is 5.75 Å². The van der Waals surface area contributed by atoms with Gasteiger partial charge in [-0.1, -0.05) is 11.2 Å². The first-order valence-electron chi connectivity index (χ1n) is 10.0. The molecule has 0 atom stereocenters. The number of aromatic nitrogens is 4. The normalized spacial score (nSPS) is 11.1. The molecule has 8 heteroatoms. The number of methoxy groups -OCH3 is 1. The Balaban J connectivity index is 1.53. The molecule has 0 radical (unpaired) electrons. The molecule has 7 nitrogen and oxygen atoms in total. The quantitative estimate of drug-likeness (QED) is 0.398. The number of aryl methyl sites for hydroxylation is 2. The van der Waals surface area contributed by atoms with Gasteiger partial charge in [0, 0.05) is 24.4 Å². The van der Waals surface area contributed by atoms with Gasteiger partial charge in [0.15, 0.2) is 5.82 Å². The van der Waals surface area contributed by atoms with Crippen LogP contribution in [0.2, 0.25) is 0 Å².